The molecule has 3 nitrogen and oxygen atoms in total. The van der Waals surface area contributed by atoms with Gasteiger partial charge in [-0.05, 0) is 72.6 Å². The Kier molecular flexibility index (Phi) is 7.47. The summed E-state index contributed by atoms with van der Waals surface area (Å²) in [6, 6.07) is 28.1. The van der Waals surface area contributed by atoms with Gasteiger partial charge in [0.25, 0.3) is 0 Å². The Morgan fingerprint density at radius 2 is 1.64 bits per heavy atom. The fourth-order valence-electron chi connectivity index (χ4n) is 5.06. The van der Waals surface area contributed by atoms with Crippen molar-refractivity contribution < 1.29 is 4.79 Å². The topological polar surface area (TPSA) is 52.9 Å². The highest BCUT2D eigenvalue weighted by molar-refractivity contribution is 6.30. The molecule has 1 unspecified atom stereocenters. The molecule has 0 heterocycles. The highest BCUT2D eigenvalue weighted by atomic mass is 35.5. The first-order valence-electron chi connectivity index (χ1n) is 11.7. The standard InChI is InChI=1S/C29H29ClN2O/c30-27-13-11-22(12-14-27)17-25(19-23-7-6-8-24(18-23)20-31)21-32-28(33)29(15-4-5-16-29)26-9-2-1-3-10-26/h1-3,6-14,18,25H,4-5,15-17,19,21H2,(H,32,33). The molecular weight excluding hydrogens is 428 g/mol. The highest BCUT2D eigenvalue weighted by Crippen LogP contribution is 2.41. The number of carbonyl (C=O) groups is 1. The normalized spacial score (nSPS) is 15.5. The number of nitriles is 1. The van der Waals surface area contributed by atoms with Gasteiger partial charge in [0, 0.05) is 11.6 Å². The minimum absolute atomic E-state index is 0.137. The van der Waals surface area contributed by atoms with Gasteiger partial charge in [-0.2, -0.15) is 5.26 Å². The molecule has 1 atom stereocenters. The molecule has 0 spiro atoms. The Balaban J connectivity index is 1.52. The zero-order valence-corrected chi connectivity index (χ0v) is 19.5. The van der Waals surface area contributed by atoms with E-state index in [2.05, 4.69) is 29.6 Å². The first-order chi connectivity index (χ1) is 16.1. The average Bonchev–Trinajstić information content (AvgIpc) is 3.36. The fraction of sp³-hybridized carbons (Fsp3) is 0.310. The molecule has 1 amide bonds. The van der Waals surface area contributed by atoms with Crippen LogP contribution in [0.25, 0.3) is 0 Å². The van der Waals surface area contributed by atoms with Crippen LogP contribution in [-0.4, -0.2) is 12.5 Å². The minimum Gasteiger partial charge on any atom is -0.355 e. The van der Waals surface area contributed by atoms with Gasteiger partial charge in [0.15, 0.2) is 0 Å². The number of benzene rings is 3. The summed E-state index contributed by atoms with van der Waals surface area (Å²) in [6.07, 6.45) is 5.57. The van der Waals surface area contributed by atoms with Crippen LogP contribution in [0, 0.1) is 17.2 Å². The maximum atomic E-state index is 13.6. The van der Waals surface area contributed by atoms with Crippen molar-refractivity contribution in [2.75, 3.05) is 6.54 Å². The minimum atomic E-state index is -0.424. The van der Waals surface area contributed by atoms with Gasteiger partial charge in [-0.1, -0.05) is 79.0 Å². The number of hydrogen-bond donors (Lipinski definition) is 1. The van der Waals surface area contributed by atoms with Crippen LogP contribution in [0.15, 0.2) is 78.9 Å². The molecule has 1 saturated carbocycles. The first-order valence-corrected chi connectivity index (χ1v) is 12.0. The van der Waals surface area contributed by atoms with Crippen molar-refractivity contribution in [1.29, 1.82) is 5.26 Å². The molecule has 3 aromatic carbocycles. The molecular formula is C29H29ClN2O. The molecule has 1 aliphatic rings. The lowest BCUT2D eigenvalue weighted by Gasteiger charge is -2.29. The summed E-state index contributed by atoms with van der Waals surface area (Å²) < 4.78 is 0. The van der Waals surface area contributed by atoms with Gasteiger partial charge in [-0.25, -0.2) is 0 Å². The molecule has 33 heavy (non-hydrogen) atoms. The van der Waals surface area contributed by atoms with E-state index >= 15 is 0 Å². The maximum Gasteiger partial charge on any atom is 0.230 e. The van der Waals surface area contributed by atoms with Gasteiger partial charge in [0.2, 0.25) is 5.91 Å². The molecule has 1 fully saturated rings. The number of halogens is 1. The van der Waals surface area contributed by atoms with E-state index in [0.717, 1.165) is 54.7 Å². The zero-order chi connectivity index (χ0) is 23.1. The lowest BCUT2D eigenvalue weighted by molar-refractivity contribution is -0.126. The monoisotopic (exact) mass is 456 g/mol. The van der Waals surface area contributed by atoms with E-state index in [4.69, 9.17) is 11.6 Å². The van der Waals surface area contributed by atoms with Crippen LogP contribution in [0.4, 0.5) is 0 Å². The summed E-state index contributed by atoms with van der Waals surface area (Å²) in [6.45, 7) is 0.590. The Morgan fingerprint density at radius 1 is 0.939 bits per heavy atom. The van der Waals surface area contributed by atoms with Gasteiger partial charge in [0.1, 0.15) is 0 Å². The number of nitrogens with zero attached hydrogens (tertiary/aromatic N) is 1. The van der Waals surface area contributed by atoms with E-state index < -0.39 is 5.41 Å². The predicted molar refractivity (Wildman–Crippen MR) is 133 cm³/mol. The molecule has 168 valence electrons. The number of hydrogen-bond acceptors (Lipinski definition) is 2. The lowest BCUT2D eigenvalue weighted by Crippen LogP contribution is -2.44. The largest absolute Gasteiger partial charge is 0.355 e. The van der Waals surface area contributed by atoms with Crippen molar-refractivity contribution in [2.45, 2.75) is 43.9 Å². The van der Waals surface area contributed by atoms with Crippen LogP contribution in [0.2, 0.25) is 5.02 Å². The smallest absolute Gasteiger partial charge is 0.230 e. The van der Waals surface area contributed by atoms with E-state index in [1.54, 1.807) is 0 Å². The number of nitrogens with one attached hydrogen (secondary N) is 1. The summed E-state index contributed by atoms with van der Waals surface area (Å²) in [5.74, 6) is 0.344. The van der Waals surface area contributed by atoms with E-state index in [1.807, 2.05) is 60.7 Å². The number of carbonyl (C=O) groups excluding carboxylic acids is 1. The summed E-state index contributed by atoms with van der Waals surface area (Å²) in [5.41, 5.74) is 3.66. The summed E-state index contributed by atoms with van der Waals surface area (Å²) in [7, 11) is 0. The highest BCUT2D eigenvalue weighted by Gasteiger charge is 2.42. The molecule has 4 rings (SSSR count). The molecule has 0 saturated heterocycles. The van der Waals surface area contributed by atoms with Gasteiger partial charge in [-0.15, -0.1) is 0 Å². The van der Waals surface area contributed by atoms with Crippen molar-refractivity contribution in [3.63, 3.8) is 0 Å². The Hall–Kier alpha value is -3.09. The molecule has 0 aromatic heterocycles. The summed E-state index contributed by atoms with van der Waals surface area (Å²) in [5, 5.41) is 13.3. The molecule has 4 heteroatoms. The van der Waals surface area contributed by atoms with Gasteiger partial charge in [-0.3, -0.25) is 4.79 Å². The van der Waals surface area contributed by atoms with Crippen molar-refractivity contribution in [1.82, 2.24) is 5.32 Å². The van der Waals surface area contributed by atoms with E-state index in [1.165, 1.54) is 5.56 Å². The average molecular weight is 457 g/mol. The van der Waals surface area contributed by atoms with Crippen LogP contribution in [-0.2, 0) is 23.1 Å². The Labute approximate surface area is 201 Å². The second kappa shape index (κ2) is 10.7. The van der Waals surface area contributed by atoms with Crippen LogP contribution in [0.3, 0.4) is 0 Å². The lowest BCUT2D eigenvalue weighted by atomic mass is 9.78. The van der Waals surface area contributed by atoms with E-state index in [9.17, 15) is 10.1 Å². The second-order valence-corrected chi connectivity index (χ2v) is 9.51. The van der Waals surface area contributed by atoms with Crippen LogP contribution in [0.5, 0.6) is 0 Å². The predicted octanol–water partition coefficient (Wildman–Crippen LogP) is 6.24. The SMILES string of the molecule is N#Cc1cccc(CC(CNC(=O)C2(c3ccccc3)CCCC2)Cc2ccc(Cl)cc2)c1. The van der Waals surface area contributed by atoms with Crippen LogP contribution in [0.1, 0.15) is 47.9 Å². The molecule has 1 N–H and O–H groups in total. The number of amides is 1. The second-order valence-electron chi connectivity index (χ2n) is 9.08. The van der Waals surface area contributed by atoms with Gasteiger partial charge >= 0.3 is 0 Å². The van der Waals surface area contributed by atoms with E-state index in [-0.39, 0.29) is 11.8 Å². The Bertz CT molecular complexity index is 1110. The molecule has 0 aliphatic heterocycles. The van der Waals surface area contributed by atoms with Crippen LogP contribution < -0.4 is 5.32 Å². The van der Waals surface area contributed by atoms with Crippen molar-refractivity contribution in [2.24, 2.45) is 5.92 Å². The van der Waals surface area contributed by atoms with Gasteiger partial charge < -0.3 is 5.32 Å². The molecule has 0 bridgehead atoms. The van der Waals surface area contributed by atoms with Crippen LogP contribution >= 0.6 is 11.6 Å². The summed E-state index contributed by atoms with van der Waals surface area (Å²) in [4.78, 5) is 13.6. The molecule has 0 radical (unpaired) electrons. The summed E-state index contributed by atoms with van der Waals surface area (Å²) >= 11 is 6.07. The van der Waals surface area contributed by atoms with E-state index in [0.29, 0.717) is 12.1 Å². The molecule has 1 aliphatic carbocycles. The maximum absolute atomic E-state index is 13.6. The van der Waals surface area contributed by atoms with Gasteiger partial charge in [0.05, 0.1) is 17.0 Å². The third-order valence-electron chi connectivity index (χ3n) is 6.79. The quantitative estimate of drug-likeness (QED) is 0.436. The third kappa shape index (κ3) is 5.64. The number of rotatable bonds is 8. The molecule has 3 aromatic rings. The Morgan fingerprint density at radius 3 is 2.33 bits per heavy atom. The first kappa shape index (κ1) is 23.1. The van der Waals surface area contributed by atoms with Crippen molar-refractivity contribution in [3.05, 3.63) is 106 Å². The zero-order valence-electron chi connectivity index (χ0n) is 18.8. The third-order valence-corrected chi connectivity index (χ3v) is 7.04. The van der Waals surface area contributed by atoms with Crippen molar-refractivity contribution >= 4 is 17.5 Å². The fourth-order valence-corrected chi connectivity index (χ4v) is 5.19. The van der Waals surface area contributed by atoms with Crippen molar-refractivity contribution in [3.8, 4) is 6.07 Å².